The van der Waals surface area contributed by atoms with Gasteiger partial charge in [0.05, 0.1) is 19.8 Å². The number of morpholine rings is 1. The summed E-state index contributed by atoms with van der Waals surface area (Å²) in [6, 6.07) is 12.4. The normalized spacial score (nSPS) is 19.2. The number of rotatable bonds is 6. The molecule has 7 heteroatoms. The molecule has 1 aliphatic heterocycles. The average Bonchev–Trinajstić information content (AvgIpc) is 3.59. The van der Waals surface area contributed by atoms with Crippen LogP contribution < -0.4 is 10.1 Å². The van der Waals surface area contributed by atoms with Gasteiger partial charge >= 0.3 is 0 Å². The van der Waals surface area contributed by atoms with Gasteiger partial charge in [-0.3, -0.25) is 4.99 Å². The quantitative estimate of drug-likeness (QED) is 0.354. The second-order valence-corrected chi connectivity index (χ2v) is 7.82. The highest BCUT2D eigenvalue weighted by molar-refractivity contribution is 14.0. The molecular formula is C23H31IN4O2. The molecule has 1 aromatic heterocycles. The number of guanidine groups is 1. The van der Waals surface area contributed by atoms with Crippen LogP contribution in [-0.4, -0.2) is 49.2 Å². The predicted molar refractivity (Wildman–Crippen MR) is 130 cm³/mol. The summed E-state index contributed by atoms with van der Waals surface area (Å²) in [5, 5.41) is 3.46. The van der Waals surface area contributed by atoms with Crippen molar-refractivity contribution in [1.29, 1.82) is 0 Å². The lowest BCUT2D eigenvalue weighted by Crippen LogP contribution is -2.48. The summed E-state index contributed by atoms with van der Waals surface area (Å²) in [5.41, 5.74) is 3.62. The zero-order valence-electron chi connectivity index (χ0n) is 17.7. The van der Waals surface area contributed by atoms with Crippen molar-refractivity contribution in [3.8, 4) is 5.88 Å². The first kappa shape index (κ1) is 22.8. The van der Waals surface area contributed by atoms with Gasteiger partial charge in [0.2, 0.25) is 5.88 Å². The van der Waals surface area contributed by atoms with E-state index in [0.717, 1.165) is 37.1 Å². The highest BCUT2D eigenvalue weighted by atomic mass is 127. The van der Waals surface area contributed by atoms with Crippen molar-refractivity contribution in [2.45, 2.75) is 32.4 Å². The van der Waals surface area contributed by atoms with Crippen LogP contribution >= 0.6 is 24.0 Å². The standard InChI is InChI=1S/C23H30N4O2.HI/c1-17-5-3-4-6-20(17)21-15-27(11-12-28-21)23(24-2)26-14-19-9-10-22(25-13-19)29-16-18-7-8-18;/h3-6,9-10,13,18,21H,7-8,11-12,14-16H2,1-2H3,(H,24,26);1H. The summed E-state index contributed by atoms with van der Waals surface area (Å²) < 4.78 is 11.8. The molecular weight excluding hydrogens is 491 g/mol. The maximum atomic E-state index is 6.04. The number of aromatic nitrogens is 1. The SMILES string of the molecule is CN=C(NCc1ccc(OCC2CC2)nc1)N1CCOC(c2ccccc2C)C1.I. The van der Waals surface area contributed by atoms with Crippen LogP contribution in [0.4, 0.5) is 0 Å². The third-order valence-electron chi connectivity index (χ3n) is 5.53. The Morgan fingerprint density at radius 3 is 2.80 bits per heavy atom. The number of aliphatic imine (C=N–C) groups is 1. The molecule has 1 aliphatic carbocycles. The van der Waals surface area contributed by atoms with Crippen LogP contribution in [0.5, 0.6) is 5.88 Å². The van der Waals surface area contributed by atoms with Gasteiger partial charge in [-0.2, -0.15) is 0 Å². The maximum Gasteiger partial charge on any atom is 0.213 e. The van der Waals surface area contributed by atoms with E-state index in [1.807, 2.05) is 19.3 Å². The second kappa shape index (κ2) is 10.9. The van der Waals surface area contributed by atoms with E-state index in [1.54, 1.807) is 0 Å². The van der Waals surface area contributed by atoms with Crippen LogP contribution in [0.25, 0.3) is 0 Å². The number of benzene rings is 1. The minimum Gasteiger partial charge on any atom is -0.477 e. The number of pyridine rings is 1. The number of ether oxygens (including phenoxy) is 2. The molecule has 1 atom stereocenters. The largest absolute Gasteiger partial charge is 0.477 e. The lowest BCUT2D eigenvalue weighted by molar-refractivity contribution is -0.00834. The van der Waals surface area contributed by atoms with Gasteiger partial charge in [-0.25, -0.2) is 4.98 Å². The van der Waals surface area contributed by atoms with Crippen molar-refractivity contribution in [2.75, 3.05) is 33.4 Å². The molecule has 1 N–H and O–H groups in total. The number of nitrogens with zero attached hydrogens (tertiary/aromatic N) is 3. The Hall–Kier alpha value is -1.87. The molecule has 30 heavy (non-hydrogen) atoms. The molecule has 2 aromatic rings. The molecule has 2 heterocycles. The molecule has 1 saturated heterocycles. The lowest BCUT2D eigenvalue weighted by Gasteiger charge is -2.35. The Bertz CT molecular complexity index is 839. The van der Waals surface area contributed by atoms with Gasteiger partial charge < -0.3 is 19.7 Å². The van der Waals surface area contributed by atoms with E-state index in [1.165, 1.54) is 24.0 Å². The molecule has 0 radical (unpaired) electrons. The summed E-state index contributed by atoms with van der Waals surface area (Å²) in [6.45, 7) is 5.90. The second-order valence-electron chi connectivity index (χ2n) is 7.82. The molecule has 2 fully saturated rings. The van der Waals surface area contributed by atoms with Crippen LogP contribution in [0.3, 0.4) is 0 Å². The zero-order chi connectivity index (χ0) is 20.1. The van der Waals surface area contributed by atoms with Gasteiger partial charge in [-0.05, 0) is 42.4 Å². The molecule has 1 unspecified atom stereocenters. The molecule has 0 spiro atoms. The smallest absolute Gasteiger partial charge is 0.213 e. The van der Waals surface area contributed by atoms with Crippen LogP contribution in [0.2, 0.25) is 0 Å². The van der Waals surface area contributed by atoms with E-state index in [9.17, 15) is 0 Å². The molecule has 1 saturated carbocycles. The van der Waals surface area contributed by atoms with Crippen molar-refractivity contribution in [3.05, 3.63) is 59.3 Å². The number of aryl methyl sites for hydroxylation is 1. The Labute approximate surface area is 196 Å². The average molecular weight is 522 g/mol. The van der Waals surface area contributed by atoms with Crippen LogP contribution in [0, 0.1) is 12.8 Å². The van der Waals surface area contributed by atoms with Crippen molar-refractivity contribution in [1.82, 2.24) is 15.2 Å². The molecule has 0 bridgehead atoms. The summed E-state index contributed by atoms with van der Waals surface area (Å²) in [7, 11) is 1.83. The molecule has 2 aliphatic rings. The fourth-order valence-electron chi connectivity index (χ4n) is 3.58. The van der Waals surface area contributed by atoms with Gasteiger partial charge in [0.1, 0.15) is 6.10 Å². The summed E-state index contributed by atoms with van der Waals surface area (Å²) in [6.07, 6.45) is 4.51. The Kier molecular flexibility index (Phi) is 8.32. The first-order chi connectivity index (χ1) is 14.2. The van der Waals surface area contributed by atoms with Crippen LogP contribution in [0.15, 0.2) is 47.6 Å². The van der Waals surface area contributed by atoms with Gasteiger partial charge in [-0.15, -0.1) is 24.0 Å². The van der Waals surface area contributed by atoms with Crippen LogP contribution in [-0.2, 0) is 11.3 Å². The zero-order valence-corrected chi connectivity index (χ0v) is 20.0. The van der Waals surface area contributed by atoms with E-state index in [-0.39, 0.29) is 30.1 Å². The third kappa shape index (κ3) is 6.07. The van der Waals surface area contributed by atoms with Gasteiger partial charge in [0.15, 0.2) is 5.96 Å². The van der Waals surface area contributed by atoms with Crippen molar-refractivity contribution in [2.24, 2.45) is 10.9 Å². The first-order valence-corrected chi connectivity index (χ1v) is 10.4. The maximum absolute atomic E-state index is 6.04. The fraction of sp³-hybridized carbons (Fsp3) is 0.478. The monoisotopic (exact) mass is 522 g/mol. The molecule has 4 rings (SSSR count). The molecule has 6 nitrogen and oxygen atoms in total. The number of hydrogen-bond acceptors (Lipinski definition) is 4. The Morgan fingerprint density at radius 1 is 1.27 bits per heavy atom. The minimum atomic E-state index is 0. The number of hydrogen-bond donors (Lipinski definition) is 1. The van der Waals surface area contributed by atoms with Gasteiger partial charge in [0, 0.05) is 32.4 Å². The van der Waals surface area contributed by atoms with Gasteiger partial charge in [-0.1, -0.05) is 30.3 Å². The minimum absolute atomic E-state index is 0. The molecule has 0 amide bonds. The molecule has 1 aromatic carbocycles. The Morgan fingerprint density at radius 2 is 2.10 bits per heavy atom. The Balaban J connectivity index is 0.00000256. The number of halogens is 1. The summed E-state index contributed by atoms with van der Waals surface area (Å²) in [4.78, 5) is 11.2. The lowest BCUT2D eigenvalue weighted by atomic mass is 10.0. The van der Waals surface area contributed by atoms with Crippen LogP contribution in [0.1, 0.15) is 35.6 Å². The summed E-state index contributed by atoms with van der Waals surface area (Å²) in [5.74, 6) is 2.33. The number of nitrogens with one attached hydrogen (secondary N) is 1. The fourth-order valence-corrected chi connectivity index (χ4v) is 3.58. The van der Waals surface area contributed by atoms with E-state index >= 15 is 0 Å². The predicted octanol–water partition coefficient (Wildman–Crippen LogP) is 3.95. The topological polar surface area (TPSA) is 59.0 Å². The van der Waals surface area contributed by atoms with E-state index < -0.39 is 0 Å². The molecule has 162 valence electrons. The first-order valence-electron chi connectivity index (χ1n) is 10.4. The van der Waals surface area contributed by atoms with E-state index in [2.05, 4.69) is 57.4 Å². The van der Waals surface area contributed by atoms with Crippen molar-refractivity contribution < 1.29 is 9.47 Å². The third-order valence-corrected chi connectivity index (χ3v) is 5.53. The van der Waals surface area contributed by atoms with E-state index in [0.29, 0.717) is 19.0 Å². The van der Waals surface area contributed by atoms with Gasteiger partial charge in [0.25, 0.3) is 0 Å². The van der Waals surface area contributed by atoms with Crippen molar-refractivity contribution in [3.63, 3.8) is 0 Å². The summed E-state index contributed by atoms with van der Waals surface area (Å²) >= 11 is 0. The highest BCUT2D eigenvalue weighted by Gasteiger charge is 2.25. The van der Waals surface area contributed by atoms with Crippen molar-refractivity contribution >= 4 is 29.9 Å². The highest BCUT2D eigenvalue weighted by Crippen LogP contribution is 2.29. The van der Waals surface area contributed by atoms with E-state index in [4.69, 9.17) is 9.47 Å².